The Balaban J connectivity index is 2.33. The van der Waals surface area contributed by atoms with Gasteiger partial charge in [-0.1, -0.05) is 6.58 Å². The summed E-state index contributed by atoms with van der Waals surface area (Å²) in [5.74, 6) is 0.939. The minimum atomic E-state index is -0.0810. The molecule has 1 saturated heterocycles. The van der Waals surface area contributed by atoms with Crippen LogP contribution in [0.2, 0.25) is 0 Å². The van der Waals surface area contributed by atoms with Crippen molar-refractivity contribution in [2.24, 2.45) is 0 Å². The van der Waals surface area contributed by atoms with Crippen LogP contribution in [-0.4, -0.2) is 16.5 Å². The molecule has 3 heteroatoms. The summed E-state index contributed by atoms with van der Waals surface area (Å²) in [6, 6.07) is 0. The Kier molecular flexibility index (Phi) is 1.53. The lowest BCUT2D eigenvalue weighted by Gasteiger charge is -2.05. The van der Waals surface area contributed by atoms with Gasteiger partial charge in [-0.05, 0) is 13.0 Å². The maximum atomic E-state index is 10.6. The van der Waals surface area contributed by atoms with Crippen LogP contribution in [0, 0.1) is 0 Å². The van der Waals surface area contributed by atoms with Crippen molar-refractivity contribution in [1.82, 2.24) is 5.32 Å². The van der Waals surface area contributed by atoms with Crippen LogP contribution in [0.4, 0.5) is 0 Å². The molecule has 0 aromatic rings. The Labute approximate surface area is 58.7 Å². The molecule has 1 rings (SSSR count). The normalized spacial score (nSPS) is 31.2. The Morgan fingerprint density at radius 3 is 2.89 bits per heavy atom. The van der Waals surface area contributed by atoms with Gasteiger partial charge in [-0.2, -0.15) is 0 Å². The third kappa shape index (κ3) is 1.75. The van der Waals surface area contributed by atoms with Gasteiger partial charge in [-0.3, -0.25) is 4.79 Å². The number of hydrogen-bond donors (Lipinski definition) is 1. The summed E-state index contributed by atoms with van der Waals surface area (Å²) in [5.41, 5.74) is 0. The SMILES string of the molecule is C=CC(=O)NC1(C)CS1. The lowest BCUT2D eigenvalue weighted by molar-refractivity contribution is -0.116. The highest BCUT2D eigenvalue weighted by atomic mass is 32.2. The molecule has 1 fully saturated rings. The lowest BCUT2D eigenvalue weighted by Crippen LogP contribution is -2.32. The van der Waals surface area contributed by atoms with Gasteiger partial charge in [-0.25, -0.2) is 0 Å². The van der Waals surface area contributed by atoms with Crippen LogP contribution in [0.25, 0.3) is 0 Å². The van der Waals surface area contributed by atoms with Crippen molar-refractivity contribution < 1.29 is 4.79 Å². The predicted molar refractivity (Wildman–Crippen MR) is 39.2 cm³/mol. The molecule has 1 heterocycles. The molecular formula is C6H9NOS. The molecule has 0 spiro atoms. The van der Waals surface area contributed by atoms with E-state index in [9.17, 15) is 4.79 Å². The molecule has 1 N–H and O–H groups in total. The first-order valence-electron chi connectivity index (χ1n) is 2.75. The van der Waals surface area contributed by atoms with Gasteiger partial charge < -0.3 is 5.32 Å². The van der Waals surface area contributed by atoms with E-state index < -0.39 is 0 Å². The van der Waals surface area contributed by atoms with Crippen molar-refractivity contribution in [2.75, 3.05) is 5.75 Å². The molecule has 0 radical (unpaired) electrons. The molecule has 0 bridgehead atoms. The molecule has 9 heavy (non-hydrogen) atoms. The average Bonchev–Trinajstić information content (AvgIpc) is 2.48. The van der Waals surface area contributed by atoms with Gasteiger partial charge in [-0.15, -0.1) is 11.8 Å². The number of hydrogen-bond acceptors (Lipinski definition) is 2. The standard InChI is InChI=1S/C6H9NOS/c1-3-5(8)7-6(2)4-9-6/h3H,1,4H2,2H3,(H,7,8). The summed E-state index contributed by atoms with van der Waals surface area (Å²) in [5, 5.41) is 2.79. The maximum Gasteiger partial charge on any atom is 0.244 e. The molecule has 1 aliphatic rings. The van der Waals surface area contributed by atoms with E-state index in [-0.39, 0.29) is 10.8 Å². The zero-order valence-corrected chi connectivity index (χ0v) is 6.12. The second kappa shape index (κ2) is 2.06. The fraction of sp³-hybridized carbons (Fsp3) is 0.500. The third-order valence-electron chi connectivity index (χ3n) is 1.15. The Morgan fingerprint density at radius 1 is 2.00 bits per heavy atom. The van der Waals surface area contributed by atoms with Crippen molar-refractivity contribution in [2.45, 2.75) is 11.8 Å². The highest BCUT2D eigenvalue weighted by Crippen LogP contribution is 2.40. The summed E-state index contributed by atoms with van der Waals surface area (Å²) in [6.07, 6.45) is 1.30. The molecule has 0 aliphatic carbocycles. The van der Waals surface area contributed by atoms with Gasteiger partial charge in [0.1, 0.15) is 0 Å². The minimum Gasteiger partial charge on any atom is -0.338 e. The smallest absolute Gasteiger partial charge is 0.244 e. The van der Waals surface area contributed by atoms with Gasteiger partial charge in [0, 0.05) is 5.75 Å². The minimum absolute atomic E-state index is 0.0191. The number of rotatable bonds is 2. The Bertz CT molecular complexity index is 151. The summed E-state index contributed by atoms with van der Waals surface area (Å²) in [6.45, 7) is 5.35. The third-order valence-corrected chi connectivity index (χ3v) is 2.41. The van der Waals surface area contributed by atoms with Crippen molar-refractivity contribution in [3.8, 4) is 0 Å². The first-order chi connectivity index (χ1) is 4.16. The van der Waals surface area contributed by atoms with E-state index in [2.05, 4.69) is 11.9 Å². The first-order valence-corrected chi connectivity index (χ1v) is 3.73. The molecule has 1 aliphatic heterocycles. The quantitative estimate of drug-likeness (QED) is 0.456. The summed E-state index contributed by atoms with van der Waals surface area (Å²) < 4.78 is 0. The van der Waals surface area contributed by atoms with Gasteiger partial charge >= 0.3 is 0 Å². The van der Waals surface area contributed by atoms with Crippen LogP contribution in [-0.2, 0) is 4.79 Å². The second-order valence-electron chi connectivity index (χ2n) is 2.21. The van der Waals surface area contributed by atoms with Crippen LogP contribution >= 0.6 is 11.8 Å². The topological polar surface area (TPSA) is 29.1 Å². The number of nitrogens with one attached hydrogen (secondary N) is 1. The predicted octanol–water partition coefficient (Wildman–Crippen LogP) is 0.752. The van der Waals surface area contributed by atoms with Crippen molar-refractivity contribution in [3.05, 3.63) is 12.7 Å². The van der Waals surface area contributed by atoms with Crippen LogP contribution in [0.15, 0.2) is 12.7 Å². The van der Waals surface area contributed by atoms with E-state index in [1.165, 1.54) is 6.08 Å². The van der Waals surface area contributed by atoms with Crippen molar-refractivity contribution >= 4 is 17.7 Å². The average molecular weight is 143 g/mol. The van der Waals surface area contributed by atoms with E-state index in [1.807, 2.05) is 6.92 Å². The summed E-state index contributed by atoms with van der Waals surface area (Å²) in [7, 11) is 0. The van der Waals surface area contributed by atoms with Crippen LogP contribution < -0.4 is 5.32 Å². The van der Waals surface area contributed by atoms with Gasteiger partial charge in [0.2, 0.25) is 5.91 Å². The molecule has 2 nitrogen and oxygen atoms in total. The van der Waals surface area contributed by atoms with E-state index in [0.717, 1.165) is 5.75 Å². The molecule has 50 valence electrons. The highest BCUT2D eigenvalue weighted by molar-refractivity contribution is 8.07. The van der Waals surface area contributed by atoms with Crippen LogP contribution in [0.5, 0.6) is 0 Å². The fourth-order valence-corrected chi connectivity index (χ4v) is 0.954. The Morgan fingerprint density at radius 2 is 2.56 bits per heavy atom. The van der Waals surface area contributed by atoms with Crippen molar-refractivity contribution in [3.63, 3.8) is 0 Å². The monoisotopic (exact) mass is 143 g/mol. The molecule has 1 atom stereocenters. The summed E-state index contributed by atoms with van der Waals surface area (Å²) in [4.78, 5) is 10.6. The van der Waals surface area contributed by atoms with E-state index in [4.69, 9.17) is 0 Å². The number of thioether (sulfide) groups is 1. The van der Waals surface area contributed by atoms with Crippen LogP contribution in [0.3, 0.4) is 0 Å². The zero-order valence-electron chi connectivity index (χ0n) is 5.31. The first kappa shape index (κ1) is 6.68. The second-order valence-corrected chi connectivity index (χ2v) is 3.69. The van der Waals surface area contributed by atoms with E-state index in [0.29, 0.717) is 0 Å². The number of amides is 1. The molecule has 0 aromatic carbocycles. The Hall–Kier alpha value is -0.440. The molecular weight excluding hydrogens is 134 g/mol. The van der Waals surface area contributed by atoms with Crippen molar-refractivity contribution in [1.29, 1.82) is 0 Å². The molecule has 0 saturated carbocycles. The van der Waals surface area contributed by atoms with E-state index in [1.54, 1.807) is 11.8 Å². The lowest BCUT2D eigenvalue weighted by atomic mass is 10.4. The highest BCUT2D eigenvalue weighted by Gasteiger charge is 2.39. The van der Waals surface area contributed by atoms with Gasteiger partial charge in [0.25, 0.3) is 0 Å². The number of carbonyl (C=O) groups excluding carboxylic acids is 1. The maximum absolute atomic E-state index is 10.6. The fourth-order valence-electron chi connectivity index (χ4n) is 0.492. The van der Waals surface area contributed by atoms with Gasteiger partial charge in [0.05, 0.1) is 4.87 Å². The number of carbonyl (C=O) groups is 1. The van der Waals surface area contributed by atoms with Gasteiger partial charge in [0.15, 0.2) is 0 Å². The van der Waals surface area contributed by atoms with Crippen LogP contribution in [0.1, 0.15) is 6.92 Å². The summed E-state index contributed by atoms with van der Waals surface area (Å²) >= 11 is 1.73. The van der Waals surface area contributed by atoms with E-state index >= 15 is 0 Å². The molecule has 1 amide bonds. The molecule has 0 aromatic heterocycles. The molecule has 1 unspecified atom stereocenters. The largest absolute Gasteiger partial charge is 0.338 e. The zero-order chi connectivity index (χ0) is 6.91.